The van der Waals surface area contributed by atoms with Crippen molar-refractivity contribution in [2.45, 2.75) is 83.6 Å². The molecule has 0 spiro atoms. The maximum atomic E-state index is 2.30. The van der Waals surface area contributed by atoms with E-state index in [1.54, 1.807) is 18.9 Å². The first-order valence-electron chi connectivity index (χ1n) is 8.06. The SMILES string of the molecule is CCCCCCCCCCCCC[Si]1[Si][Si][Si][Si][Si]1. The minimum Gasteiger partial charge on any atom is -0.0654 e. The van der Waals surface area contributed by atoms with E-state index in [1.807, 2.05) is 0 Å². The number of unbranched alkanes of at least 4 members (excludes halogenated alkanes) is 10. The Bertz CT molecular complexity index is 184. The second-order valence-electron chi connectivity index (χ2n) is 5.39. The first-order valence-corrected chi connectivity index (χ1v) is 20.8. The van der Waals surface area contributed by atoms with Gasteiger partial charge in [-0.15, -0.1) is 0 Å². The standard InChI is InChI=1S/C13H27Si6/c1-2-3-4-5-6-7-8-9-10-11-12-13-19-17-15-14-16-18-19/h2-13H2,1H3. The average Bonchev–Trinajstić information content (AvgIpc) is 2.46. The highest BCUT2D eigenvalue weighted by molar-refractivity contribution is 7.80. The Balaban J connectivity index is 1.71. The van der Waals surface area contributed by atoms with E-state index in [0.717, 1.165) is 0 Å². The van der Waals surface area contributed by atoms with Crippen LogP contribution in [0.3, 0.4) is 0 Å². The number of hydrogen-bond donors (Lipinski definition) is 0. The lowest BCUT2D eigenvalue weighted by Gasteiger charge is -2.17. The molecule has 0 amide bonds. The molecule has 103 valence electrons. The van der Waals surface area contributed by atoms with Crippen LogP contribution in [0.15, 0.2) is 0 Å². The second-order valence-corrected chi connectivity index (χ2v) is 28.2. The summed E-state index contributed by atoms with van der Waals surface area (Å²) in [7, 11) is 7.39. The van der Waals surface area contributed by atoms with Crippen molar-refractivity contribution in [3.63, 3.8) is 0 Å². The Hall–Kier alpha value is 1.30. The van der Waals surface area contributed by atoms with Crippen LogP contribution in [-0.2, 0) is 0 Å². The third-order valence-electron chi connectivity index (χ3n) is 3.58. The van der Waals surface area contributed by atoms with E-state index in [-0.39, 0.29) is 7.83 Å². The molecule has 0 N–H and O–H groups in total. The molecule has 0 unspecified atom stereocenters. The predicted molar refractivity (Wildman–Crippen MR) is 95.8 cm³/mol. The fourth-order valence-electron chi connectivity index (χ4n) is 2.37. The fourth-order valence-corrected chi connectivity index (χ4v) is 59.7. The zero-order chi connectivity index (χ0) is 13.6. The Kier molecular flexibility index (Phi) is 13.8. The van der Waals surface area contributed by atoms with E-state index in [9.17, 15) is 0 Å². The van der Waals surface area contributed by atoms with Gasteiger partial charge in [0.25, 0.3) is 0 Å². The molecular formula is C13H27Si6. The van der Waals surface area contributed by atoms with E-state index in [2.05, 4.69) is 6.92 Å². The van der Waals surface area contributed by atoms with Crippen LogP contribution in [0.4, 0.5) is 0 Å². The second kappa shape index (κ2) is 14.2. The van der Waals surface area contributed by atoms with Gasteiger partial charge < -0.3 is 0 Å². The summed E-state index contributed by atoms with van der Waals surface area (Å²) in [5.74, 6) is 0. The molecule has 0 atom stereocenters. The lowest BCUT2D eigenvalue weighted by molar-refractivity contribution is 0.554. The quantitative estimate of drug-likeness (QED) is 0.374. The minimum absolute atomic E-state index is 0.229. The van der Waals surface area contributed by atoms with E-state index in [1.165, 1.54) is 101 Å². The van der Waals surface area contributed by atoms with Crippen molar-refractivity contribution in [1.82, 2.24) is 0 Å². The van der Waals surface area contributed by atoms with Gasteiger partial charge in [-0.1, -0.05) is 83.6 Å². The summed E-state index contributed by atoms with van der Waals surface area (Å²) in [6.45, 7) is 2.30. The zero-order valence-corrected chi connectivity index (χ0v) is 18.5. The molecule has 1 fully saturated rings. The molecule has 0 bridgehead atoms. The largest absolute Gasteiger partial charge is 0.0654 e. The van der Waals surface area contributed by atoms with Crippen molar-refractivity contribution in [2.75, 3.05) is 0 Å². The van der Waals surface area contributed by atoms with Gasteiger partial charge in [-0.25, -0.2) is 0 Å². The molecule has 0 aromatic carbocycles. The normalized spacial score (nSPS) is 16.9. The lowest BCUT2D eigenvalue weighted by Crippen LogP contribution is -2.47. The van der Waals surface area contributed by atoms with Gasteiger partial charge in [0.05, 0.1) is 0 Å². The van der Waals surface area contributed by atoms with Gasteiger partial charge in [-0.2, -0.15) is 0 Å². The highest BCUT2D eigenvalue weighted by Gasteiger charge is 2.16. The van der Waals surface area contributed by atoms with E-state index in [0.29, 0.717) is 0 Å². The summed E-state index contributed by atoms with van der Waals surface area (Å²) in [5, 5.41) is 0. The van der Waals surface area contributed by atoms with E-state index >= 15 is 0 Å². The number of hydrogen-bond acceptors (Lipinski definition) is 0. The smallest absolute Gasteiger partial charge is 0.0144 e. The molecule has 1 rings (SSSR count). The molecule has 1 saturated heterocycles. The molecule has 1 aliphatic rings. The van der Waals surface area contributed by atoms with Gasteiger partial charge in [0.1, 0.15) is 0 Å². The summed E-state index contributed by atoms with van der Waals surface area (Å²) < 4.78 is 0. The Morgan fingerprint density at radius 2 is 1.05 bits per heavy atom. The van der Waals surface area contributed by atoms with Crippen molar-refractivity contribution >= 4 is 50.6 Å². The molecule has 0 aliphatic carbocycles. The Morgan fingerprint density at radius 1 is 0.579 bits per heavy atom. The molecule has 0 aromatic rings. The van der Waals surface area contributed by atoms with Crippen LogP contribution in [0, 0.1) is 0 Å². The van der Waals surface area contributed by atoms with Crippen molar-refractivity contribution in [3.05, 3.63) is 0 Å². The summed E-state index contributed by atoms with van der Waals surface area (Å²) >= 11 is 0. The topological polar surface area (TPSA) is 0 Å². The molecule has 0 saturated carbocycles. The zero-order valence-electron chi connectivity index (χ0n) is 12.5. The summed E-state index contributed by atoms with van der Waals surface area (Å²) in [6, 6.07) is 1.68. The summed E-state index contributed by atoms with van der Waals surface area (Å²) in [5.41, 5.74) is 0. The van der Waals surface area contributed by atoms with Gasteiger partial charge in [0.2, 0.25) is 0 Å². The highest BCUT2D eigenvalue weighted by Crippen LogP contribution is 2.12. The maximum absolute atomic E-state index is 2.30. The Morgan fingerprint density at radius 3 is 1.58 bits per heavy atom. The van der Waals surface area contributed by atoms with Gasteiger partial charge >= 0.3 is 0 Å². The minimum atomic E-state index is 0.229. The van der Waals surface area contributed by atoms with E-state index in [4.69, 9.17) is 0 Å². The van der Waals surface area contributed by atoms with Crippen LogP contribution in [0.2, 0.25) is 6.04 Å². The highest BCUT2D eigenvalue weighted by atomic mass is 30.1. The first-order chi connectivity index (χ1) is 9.43. The number of rotatable bonds is 12. The Labute approximate surface area is 134 Å². The van der Waals surface area contributed by atoms with Crippen LogP contribution >= 0.6 is 0 Å². The molecule has 1 heterocycles. The van der Waals surface area contributed by atoms with Gasteiger partial charge in [-0.3, -0.25) is 0 Å². The monoisotopic (exact) mass is 351 g/mol. The first kappa shape index (κ1) is 18.4. The lowest BCUT2D eigenvalue weighted by atomic mass is 10.1. The van der Waals surface area contributed by atoms with Crippen molar-refractivity contribution in [1.29, 1.82) is 0 Å². The molecule has 11 radical (unpaired) electrons. The van der Waals surface area contributed by atoms with Crippen LogP contribution in [-0.4, -0.2) is 50.6 Å². The van der Waals surface area contributed by atoms with Gasteiger partial charge in [0, 0.05) is 50.6 Å². The summed E-state index contributed by atoms with van der Waals surface area (Å²) in [6.07, 6.45) is 16.5. The molecular weight excluding hydrogens is 325 g/mol. The van der Waals surface area contributed by atoms with Crippen LogP contribution in [0.5, 0.6) is 0 Å². The van der Waals surface area contributed by atoms with E-state index < -0.39 is 0 Å². The maximum Gasteiger partial charge on any atom is 0.0144 e. The fraction of sp³-hybridized carbons (Fsp3) is 1.00. The van der Waals surface area contributed by atoms with Crippen LogP contribution in [0.1, 0.15) is 77.6 Å². The van der Waals surface area contributed by atoms with Crippen molar-refractivity contribution < 1.29 is 0 Å². The van der Waals surface area contributed by atoms with Crippen LogP contribution in [0.25, 0.3) is 0 Å². The average molecular weight is 352 g/mol. The molecule has 0 nitrogen and oxygen atoms in total. The summed E-state index contributed by atoms with van der Waals surface area (Å²) in [4.78, 5) is 0. The molecule has 0 aromatic heterocycles. The van der Waals surface area contributed by atoms with Gasteiger partial charge in [-0.05, 0) is 0 Å². The van der Waals surface area contributed by atoms with Crippen molar-refractivity contribution in [2.24, 2.45) is 0 Å². The molecule has 19 heavy (non-hydrogen) atoms. The van der Waals surface area contributed by atoms with Crippen molar-refractivity contribution in [3.8, 4) is 0 Å². The van der Waals surface area contributed by atoms with Crippen LogP contribution < -0.4 is 0 Å². The predicted octanol–water partition coefficient (Wildman–Crippen LogP) is 2.98. The molecule has 1 aliphatic heterocycles. The van der Waals surface area contributed by atoms with Gasteiger partial charge in [0.15, 0.2) is 0 Å². The molecule has 6 heteroatoms. The third-order valence-corrected chi connectivity index (χ3v) is 40.5. The third kappa shape index (κ3) is 11.6.